The summed E-state index contributed by atoms with van der Waals surface area (Å²) in [4.78, 5) is 4.73. The van der Waals surface area contributed by atoms with Gasteiger partial charge in [-0.15, -0.1) is 24.0 Å². The number of fused-ring (bicyclic) bond motifs is 1. The summed E-state index contributed by atoms with van der Waals surface area (Å²) < 4.78 is 7.85. The Balaban J connectivity index is 0.00000208. The summed E-state index contributed by atoms with van der Waals surface area (Å²) in [5.74, 6) is 1.48. The molecule has 1 aliphatic heterocycles. The van der Waals surface area contributed by atoms with E-state index in [1.54, 1.807) is 0 Å². The van der Waals surface area contributed by atoms with Crippen molar-refractivity contribution < 1.29 is 4.74 Å². The predicted octanol–water partition coefficient (Wildman–Crippen LogP) is 2.30. The van der Waals surface area contributed by atoms with Gasteiger partial charge in [-0.3, -0.25) is 4.68 Å². The predicted molar refractivity (Wildman–Crippen MR) is 107 cm³/mol. The van der Waals surface area contributed by atoms with Gasteiger partial charge >= 0.3 is 0 Å². The Morgan fingerprint density at radius 1 is 1.50 bits per heavy atom. The number of nitrogens with zero attached hydrogens (tertiary/aromatic N) is 3. The van der Waals surface area contributed by atoms with Crippen LogP contribution in [0.5, 0.6) is 0 Å². The van der Waals surface area contributed by atoms with Gasteiger partial charge in [0, 0.05) is 43.8 Å². The smallest absolute Gasteiger partial charge is 0.191 e. The maximum atomic E-state index is 5.99. The number of aliphatic imine (C=N–C) groups is 1. The summed E-state index contributed by atoms with van der Waals surface area (Å²) in [6, 6.07) is 2.42. The molecule has 2 fully saturated rings. The third kappa shape index (κ3) is 3.71. The van der Waals surface area contributed by atoms with E-state index in [1.807, 2.05) is 24.0 Å². The summed E-state index contributed by atoms with van der Waals surface area (Å²) in [7, 11) is 1.95. The number of halogens is 1. The van der Waals surface area contributed by atoms with Gasteiger partial charge in [0.15, 0.2) is 5.96 Å². The number of hydrogen-bond donors (Lipinski definition) is 2. The number of aryl methyl sites for hydroxylation is 1. The third-order valence-electron chi connectivity index (χ3n) is 5.29. The van der Waals surface area contributed by atoms with Crippen LogP contribution in [0.3, 0.4) is 0 Å². The Morgan fingerprint density at radius 3 is 2.96 bits per heavy atom. The first-order valence-corrected chi connectivity index (χ1v) is 8.67. The van der Waals surface area contributed by atoms with Crippen LogP contribution in [-0.4, -0.2) is 41.0 Å². The molecule has 3 rings (SSSR count). The maximum Gasteiger partial charge on any atom is 0.191 e. The normalized spacial score (nSPS) is 28.3. The van der Waals surface area contributed by atoms with E-state index >= 15 is 0 Å². The number of guanidine groups is 1. The van der Waals surface area contributed by atoms with E-state index in [9.17, 15) is 0 Å². The van der Waals surface area contributed by atoms with Gasteiger partial charge in [0.2, 0.25) is 0 Å². The molecule has 3 unspecified atom stereocenters. The van der Waals surface area contributed by atoms with Crippen molar-refractivity contribution in [2.24, 2.45) is 23.4 Å². The molecular weight excluding hydrogens is 417 g/mol. The molecule has 3 atom stereocenters. The zero-order valence-corrected chi connectivity index (χ0v) is 17.4. The van der Waals surface area contributed by atoms with Crippen molar-refractivity contribution in [1.82, 2.24) is 20.4 Å². The van der Waals surface area contributed by atoms with E-state index in [4.69, 9.17) is 9.73 Å². The van der Waals surface area contributed by atoms with E-state index < -0.39 is 0 Å². The lowest BCUT2D eigenvalue weighted by molar-refractivity contribution is -0.188. The van der Waals surface area contributed by atoms with Crippen LogP contribution in [0.1, 0.15) is 39.3 Å². The average molecular weight is 447 g/mol. The Labute approximate surface area is 161 Å². The highest BCUT2D eigenvalue weighted by molar-refractivity contribution is 14.0. The van der Waals surface area contributed by atoms with Crippen molar-refractivity contribution >= 4 is 29.9 Å². The minimum atomic E-state index is 0. The van der Waals surface area contributed by atoms with E-state index in [1.165, 1.54) is 6.42 Å². The summed E-state index contributed by atoms with van der Waals surface area (Å²) in [5.41, 5.74) is 1.25. The Morgan fingerprint density at radius 2 is 2.29 bits per heavy atom. The highest BCUT2D eigenvalue weighted by Gasteiger charge is 2.58. The lowest BCUT2D eigenvalue weighted by atomic mass is 9.55. The van der Waals surface area contributed by atoms with Crippen molar-refractivity contribution in [3.63, 3.8) is 0 Å². The van der Waals surface area contributed by atoms with Gasteiger partial charge in [0.05, 0.1) is 18.3 Å². The van der Waals surface area contributed by atoms with Gasteiger partial charge in [-0.05, 0) is 25.8 Å². The second-order valence-electron chi connectivity index (χ2n) is 7.18. The second-order valence-corrected chi connectivity index (χ2v) is 7.18. The minimum absolute atomic E-state index is 0. The Kier molecular flexibility index (Phi) is 6.52. The second kappa shape index (κ2) is 8.03. The van der Waals surface area contributed by atoms with Gasteiger partial charge in [-0.25, -0.2) is 4.99 Å². The molecule has 24 heavy (non-hydrogen) atoms. The molecule has 1 aromatic rings. The van der Waals surface area contributed by atoms with Gasteiger partial charge in [0.25, 0.3) is 0 Å². The van der Waals surface area contributed by atoms with Gasteiger partial charge in [-0.2, -0.15) is 5.10 Å². The maximum absolute atomic E-state index is 5.99. The summed E-state index contributed by atoms with van der Waals surface area (Å²) in [6.45, 7) is 9.08. The Hall–Kier alpha value is -0.830. The SMILES string of the molecule is CCNC(=NCc1ccnn1C)NC1C2CCCOC2C1(C)C.I. The number of nitrogens with one attached hydrogen (secondary N) is 2. The first-order valence-electron chi connectivity index (χ1n) is 8.67. The van der Waals surface area contributed by atoms with Crippen molar-refractivity contribution in [2.45, 2.75) is 52.3 Å². The molecule has 1 aliphatic carbocycles. The molecule has 7 heteroatoms. The van der Waals surface area contributed by atoms with Gasteiger partial charge in [-0.1, -0.05) is 13.8 Å². The summed E-state index contributed by atoms with van der Waals surface area (Å²) >= 11 is 0. The fourth-order valence-electron chi connectivity index (χ4n) is 4.00. The lowest BCUT2D eigenvalue weighted by Crippen LogP contribution is -2.71. The van der Waals surface area contributed by atoms with Crippen molar-refractivity contribution in [3.8, 4) is 0 Å². The van der Waals surface area contributed by atoms with Crippen LogP contribution in [0, 0.1) is 11.3 Å². The van der Waals surface area contributed by atoms with E-state index in [-0.39, 0.29) is 29.4 Å². The van der Waals surface area contributed by atoms with Crippen LogP contribution in [0.4, 0.5) is 0 Å². The molecule has 2 heterocycles. The first-order chi connectivity index (χ1) is 11.0. The molecule has 0 spiro atoms. The average Bonchev–Trinajstić information content (AvgIpc) is 2.95. The topological polar surface area (TPSA) is 63.5 Å². The summed E-state index contributed by atoms with van der Waals surface area (Å²) in [5, 5.41) is 11.2. The summed E-state index contributed by atoms with van der Waals surface area (Å²) in [6.07, 6.45) is 4.60. The van der Waals surface area contributed by atoms with Crippen molar-refractivity contribution in [2.75, 3.05) is 13.2 Å². The monoisotopic (exact) mass is 447 g/mol. The quantitative estimate of drug-likeness (QED) is 0.423. The number of ether oxygens (including phenoxy) is 1. The molecule has 6 nitrogen and oxygen atoms in total. The van der Waals surface area contributed by atoms with Crippen LogP contribution < -0.4 is 10.6 Å². The zero-order valence-electron chi connectivity index (χ0n) is 15.1. The molecule has 2 aliphatic rings. The largest absolute Gasteiger partial charge is 0.377 e. The minimum Gasteiger partial charge on any atom is -0.377 e. The highest BCUT2D eigenvalue weighted by atomic mass is 127. The van der Waals surface area contributed by atoms with E-state index in [2.05, 4.69) is 36.5 Å². The fourth-order valence-corrected chi connectivity index (χ4v) is 4.00. The van der Waals surface area contributed by atoms with Crippen molar-refractivity contribution in [3.05, 3.63) is 18.0 Å². The number of rotatable bonds is 4. The van der Waals surface area contributed by atoms with Crippen molar-refractivity contribution in [1.29, 1.82) is 0 Å². The number of aromatic nitrogens is 2. The third-order valence-corrected chi connectivity index (χ3v) is 5.29. The van der Waals surface area contributed by atoms with Crippen LogP contribution in [0.2, 0.25) is 0 Å². The van der Waals surface area contributed by atoms with Crippen LogP contribution >= 0.6 is 24.0 Å². The lowest BCUT2D eigenvalue weighted by Gasteiger charge is -2.60. The highest BCUT2D eigenvalue weighted by Crippen LogP contribution is 2.51. The molecule has 1 aromatic heterocycles. The van der Waals surface area contributed by atoms with Crippen LogP contribution in [-0.2, 0) is 18.3 Å². The number of hydrogen-bond acceptors (Lipinski definition) is 3. The fraction of sp³-hybridized carbons (Fsp3) is 0.765. The van der Waals surface area contributed by atoms with Crippen LogP contribution in [0.15, 0.2) is 17.3 Å². The molecule has 0 bridgehead atoms. The molecule has 0 amide bonds. The standard InChI is InChI=1S/C17H29N5O.HI/c1-5-18-16(19-11-12-8-9-20-22(12)4)21-14-13-7-6-10-23-15(13)17(14,2)3;/h8-9,13-15H,5-7,10-11H2,1-4H3,(H2,18,19,21);1H. The van der Waals surface area contributed by atoms with E-state index in [0.717, 1.165) is 31.2 Å². The molecule has 0 radical (unpaired) electrons. The van der Waals surface area contributed by atoms with Gasteiger partial charge < -0.3 is 15.4 Å². The molecular formula is C17H30IN5O. The van der Waals surface area contributed by atoms with Gasteiger partial charge in [0.1, 0.15) is 0 Å². The van der Waals surface area contributed by atoms with E-state index in [0.29, 0.717) is 24.6 Å². The zero-order chi connectivity index (χ0) is 16.4. The Bertz CT molecular complexity index is 571. The molecule has 0 aromatic carbocycles. The first kappa shape index (κ1) is 19.5. The van der Waals surface area contributed by atoms with Crippen LogP contribution in [0.25, 0.3) is 0 Å². The molecule has 136 valence electrons. The molecule has 1 saturated heterocycles. The molecule has 2 N–H and O–H groups in total. The molecule has 1 saturated carbocycles.